The number of amides is 1. The topological polar surface area (TPSA) is 90.3 Å². The summed E-state index contributed by atoms with van der Waals surface area (Å²) >= 11 is 0. The van der Waals surface area contributed by atoms with Gasteiger partial charge in [-0.25, -0.2) is 9.48 Å². The molecule has 1 aromatic heterocycles. The third-order valence-corrected chi connectivity index (χ3v) is 5.36. The molecular formula is C26H23N3O4. The molecule has 0 spiro atoms. The maximum Gasteiger partial charge on any atom is 0.359 e. The van der Waals surface area contributed by atoms with E-state index in [4.69, 9.17) is 4.74 Å². The van der Waals surface area contributed by atoms with Gasteiger partial charge < -0.3 is 10.1 Å². The van der Waals surface area contributed by atoms with Gasteiger partial charge in [0.05, 0.1) is 11.9 Å². The van der Waals surface area contributed by atoms with Crippen molar-refractivity contribution in [2.75, 3.05) is 11.9 Å². The smallest absolute Gasteiger partial charge is 0.359 e. The second-order valence-corrected chi connectivity index (χ2v) is 7.77. The van der Waals surface area contributed by atoms with Gasteiger partial charge in [-0.15, -0.1) is 0 Å². The predicted octanol–water partition coefficient (Wildman–Crippen LogP) is 3.86. The number of rotatable bonds is 6. The number of aryl methyl sites for hydroxylation is 2. The van der Waals surface area contributed by atoms with E-state index in [2.05, 4.69) is 10.4 Å². The van der Waals surface area contributed by atoms with Crippen LogP contribution >= 0.6 is 0 Å². The Morgan fingerprint density at radius 1 is 0.909 bits per heavy atom. The first-order valence-electron chi connectivity index (χ1n) is 10.5. The predicted molar refractivity (Wildman–Crippen MR) is 126 cm³/mol. The summed E-state index contributed by atoms with van der Waals surface area (Å²) in [7, 11) is 0. The van der Waals surface area contributed by atoms with Gasteiger partial charge in [0.25, 0.3) is 11.5 Å². The van der Waals surface area contributed by atoms with Crippen molar-refractivity contribution in [3.63, 3.8) is 0 Å². The third-order valence-electron chi connectivity index (χ3n) is 5.36. The average molecular weight is 441 g/mol. The number of esters is 1. The molecule has 1 N–H and O–H groups in total. The fraction of sp³-hybridized carbons (Fsp3) is 0.154. The minimum Gasteiger partial charge on any atom is -0.451 e. The van der Waals surface area contributed by atoms with E-state index in [-0.39, 0.29) is 17.8 Å². The minimum atomic E-state index is -0.775. The molecule has 0 radical (unpaired) electrons. The lowest BCUT2D eigenvalue weighted by Crippen LogP contribution is -2.28. The second-order valence-electron chi connectivity index (χ2n) is 7.77. The normalized spacial score (nSPS) is 10.7. The Morgan fingerprint density at radius 3 is 2.33 bits per heavy atom. The molecule has 1 heterocycles. The number of benzene rings is 3. The molecule has 0 saturated heterocycles. The number of ether oxygens (including phenoxy) is 1. The molecule has 0 atom stereocenters. The summed E-state index contributed by atoms with van der Waals surface area (Å²) in [4.78, 5) is 38.1. The van der Waals surface area contributed by atoms with Crippen LogP contribution in [0.5, 0.6) is 0 Å². The second kappa shape index (κ2) is 9.48. The maximum atomic E-state index is 12.9. The first-order chi connectivity index (χ1) is 15.9. The van der Waals surface area contributed by atoms with E-state index < -0.39 is 18.5 Å². The SMILES string of the molecule is Cc1ccc(NC(=O)COC(=O)c2nn(Cc3ccccc3)c(=O)c3ccccc23)cc1C. The summed E-state index contributed by atoms with van der Waals surface area (Å²) in [5, 5.41) is 7.73. The van der Waals surface area contributed by atoms with E-state index in [1.54, 1.807) is 30.3 Å². The highest BCUT2D eigenvalue weighted by Crippen LogP contribution is 2.16. The molecule has 0 aliphatic rings. The number of hydrogen-bond acceptors (Lipinski definition) is 5. The highest BCUT2D eigenvalue weighted by Gasteiger charge is 2.19. The van der Waals surface area contributed by atoms with E-state index in [0.29, 0.717) is 16.5 Å². The highest BCUT2D eigenvalue weighted by molar-refractivity contribution is 6.03. The zero-order valence-electron chi connectivity index (χ0n) is 18.4. The first-order valence-corrected chi connectivity index (χ1v) is 10.5. The van der Waals surface area contributed by atoms with Crippen molar-refractivity contribution in [2.45, 2.75) is 20.4 Å². The van der Waals surface area contributed by atoms with Crippen LogP contribution in [0.25, 0.3) is 10.8 Å². The van der Waals surface area contributed by atoms with Gasteiger partial charge in [-0.05, 0) is 48.7 Å². The fourth-order valence-electron chi connectivity index (χ4n) is 3.47. The number of aromatic nitrogens is 2. The monoisotopic (exact) mass is 441 g/mol. The van der Waals surface area contributed by atoms with Crippen LogP contribution in [0.4, 0.5) is 5.69 Å². The van der Waals surface area contributed by atoms with E-state index in [1.165, 1.54) is 4.68 Å². The Balaban J connectivity index is 1.55. The molecule has 33 heavy (non-hydrogen) atoms. The molecule has 1 amide bonds. The average Bonchev–Trinajstić information content (AvgIpc) is 2.82. The Bertz CT molecular complexity index is 1390. The number of anilines is 1. The molecule has 7 nitrogen and oxygen atoms in total. The zero-order chi connectivity index (χ0) is 23.4. The van der Waals surface area contributed by atoms with Crippen LogP contribution in [-0.4, -0.2) is 28.3 Å². The Hall–Kier alpha value is -4.26. The van der Waals surface area contributed by atoms with Crippen LogP contribution in [0, 0.1) is 13.8 Å². The number of hydrogen-bond donors (Lipinski definition) is 1. The van der Waals surface area contributed by atoms with E-state index in [0.717, 1.165) is 16.7 Å². The molecule has 0 aliphatic carbocycles. The van der Waals surface area contributed by atoms with Gasteiger partial charge in [0.1, 0.15) is 0 Å². The van der Waals surface area contributed by atoms with Crippen molar-refractivity contribution < 1.29 is 14.3 Å². The number of carbonyl (C=O) groups excluding carboxylic acids is 2. The highest BCUT2D eigenvalue weighted by atomic mass is 16.5. The molecule has 0 bridgehead atoms. The Labute approximate surface area is 190 Å². The molecule has 0 fully saturated rings. The Kier molecular flexibility index (Phi) is 6.31. The van der Waals surface area contributed by atoms with Crippen molar-refractivity contribution in [1.82, 2.24) is 9.78 Å². The van der Waals surface area contributed by atoms with Crippen LogP contribution in [0.15, 0.2) is 77.6 Å². The zero-order valence-corrected chi connectivity index (χ0v) is 18.4. The van der Waals surface area contributed by atoms with Crippen LogP contribution < -0.4 is 10.9 Å². The van der Waals surface area contributed by atoms with Crippen LogP contribution in [0.3, 0.4) is 0 Å². The lowest BCUT2D eigenvalue weighted by atomic mass is 10.1. The van der Waals surface area contributed by atoms with Gasteiger partial charge in [-0.3, -0.25) is 9.59 Å². The summed E-state index contributed by atoms with van der Waals surface area (Å²) in [5.41, 5.74) is 3.33. The fourth-order valence-corrected chi connectivity index (χ4v) is 3.47. The maximum absolute atomic E-state index is 12.9. The summed E-state index contributed by atoms with van der Waals surface area (Å²) < 4.78 is 6.48. The van der Waals surface area contributed by atoms with Crippen LogP contribution in [0.1, 0.15) is 27.2 Å². The van der Waals surface area contributed by atoms with Gasteiger partial charge in [0.15, 0.2) is 12.3 Å². The van der Waals surface area contributed by atoms with Crippen molar-refractivity contribution in [3.05, 3.63) is 106 Å². The standard InChI is InChI=1S/C26H23N3O4/c1-17-12-13-20(14-18(17)2)27-23(30)16-33-26(32)24-21-10-6-7-11-22(21)25(31)29(28-24)15-19-8-4-3-5-9-19/h3-14H,15-16H2,1-2H3,(H,27,30). The third kappa shape index (κ3) is 4.98. The van der Waals surface area contributed by atoms with Crippen LogP contribution in [0.2, 0.25) is 0 Å². The quantitative estimate of drug-likeness (QED) is 0.459. The van der Waals surface area contributed by atoms with Gasteiger partial charge in [-0.1, -0.05) is 54.6 Å². The van der Waals surface area contributed by atoms with Crippen molar-refractivity contribution in [3.8, 4) is 0 Å². The molecule has 0 aliphatic heterocycles. The number of nitrogens with one attached hydrogen (secondary N) is 1. The van der Waals surface area contributed by atoms with Crippen molar-refractivity contribution >= 4 is 28.3 Å². The van der Waals surface area contributed by atoms with Crippen molar-refractivity contribution in [1.29, 1.82) is 0 Å². The van der Waals surface area contributed by atoms with E-state index >= 15 is 0 Å². The molecule has 166 valence electrons. The lowest BCUT2D eigenvalue weighted by molar-refractivity contribution is -0.119. The number of nitrogens with zero attached hydrogens (tertiary/aromatic N) is 2. The van der Waals surface area contributed by atoms with E-state index in [1.807, 2.05) is 56.3 Å². The molecular weight excluding hydrogens is 418 g/mol. The summed E-state index contributed by atoms with van der Waals surface area (Å²) in [5.74, 6) is -1.24. The number of carbonyl (C=O) groups is 2. The summed E-state index contributed by atoms with van der Waals surface area (Å²) in [6, 6.07) is 21.6. The number of fused-ring (bicyclic) bond motifs is 1. The molecule has 4 aromatic rings. The summed E-state index contributed by atoms with van der Waals surface area (Å²) in [6.07, 6.45) is 0. The van der Waals surface area contributed by atoms with Gasteiger partial charge in [-0.2, -0.15) is 5.10 Å². The molecule has 7 heteroatoms. The van der Waals surface area contributed by atoms with Crippen LogP contribution in [-0.2, 0) is 16.1 Å². The lowest BCUT2D eigenvalue weighted by Gasteiger charge is -2.11. The van der Waals surface area contributed by atoms with Gasteiger partial charge in [0.2, 0.25) is 0 Å². The largest absolute Gasteiger partial charge is 0.451 e. The minimum absolute atomic E-state index is 0.0138. The van der Waals surface area contributed by atoms with Gasteiger partial charge in [0, 0.05) is 11.1 Å². The first kappa shape index (κ1) is 22.0. The van der Waals surface area contributed by atoms with E-state index in [9.17, 15) is 14.4 Å². The molecule has 0 unspecified atom stereocenters. The van der Waals surface area contributed by atoms with Crippen molar-refractivity contribution in [2.24, 2.45) is 0 Å². The van der Waals surface area contributed by atoms with Gasteiger partial charge >= 0.3 is 5.97 Å². The summed E-state index contributed by atoms with van der Waals surface area (Å²) in [6.45, 7) is 3.67. The molecule has 4 rings (SSSR count). The Morgan fingerprint density at radius 2 is 1.61 bits per heavy atom. The molecule has 0 saturated carbocycles. The molecule has 3 aromatic carbocycles.